The van der Waals surface area contributed by atoms with Gasteiger partial charge in [-0.1, -0.05) is 11.6 Å². The summed E-state index contributed by atoms with van der Waals surface area (Å²) in [4.78, 5) is 14.2. The number of anilines is 1. The predicted octanol–water partition coefficient (Wildman–Crippen LogP) is 0.545. The Bertz CT molecular complexity index is 693. The molecule has 1 aliphatic heterocycles. The molecule has 1 aliphatic rings. The van der Waals surface area contributed by atoms with Crippen molar-refractivity contribution in [1.29, 1.82) is 0 Å². The molecule has 0 radical (unpaired) electrons. The van der Waals surface area contributed by atoms with Gasteiger partial charge in [-0.15, -0.1) is 0 Å². The van der Waals surface area contributed by atoms with Crippen molar-refractivity contribution in [2.45, 2.75) is 6.10 Å². The fraction of sp³-hybridized carbons (Fsp3) is 0.500. The van der Waals surface area contributed by atoms with Gasteiger partial charge in [0, 0.05) is 18.1 Å². The number of hydrogen-bond donors (Lipinski definition) is 1. The Kier molecular flexibility index (Phi) is 5.38. The van der Waals surface area contributed by atoms with Crippen LogP contribution in [0.2, 0.25) is 5.02 Å². The number of sulfonamides is 1. The molecule has 0 saturated heterocycles. The number of nitrogens with zero attached hydrogens (tertiary/aromatic N) is 2. The molecule has 1 aromatic rings. The first kappa shape index (κ1) is 17.8. The lowest BCUT2D eigenvalue weighted by molar-refractivity contribution is -0.127. The van der Waals surface area contributed by atoms with Gasteiger partial charge in [0.2, 0.25) is 10.0 Å². The van der Waals surface area contributed by atoms with Gasteiger partial charge in [-0.2, -0.15) is 0 Å². The van der Waals surface area contributed by atoms with Crippen molar-refractivity contribution in [1.82, 2.24) is 10.2 Å². The van der Waals surface area contributed by atoms with Crippen LogP contribution >= 0.6 is 11.6 Å². The van der Waals surface area contributed by atoms with Crippen LogP contribution in [-0.4, -0.2) is 65.3 Å². The van der Waals surface area contributed by atoms with Crippen LogP contribution in [0.3, 0.4) is 0 Å². The van der Waals surface area contributed by atoms with E-state index in [1.165, 1.54) is 6.07 Å². The summed E-state index contributed by atoms with van der Waals surface area (Å²) in [5.41, 5.74) is 0.345. The summed E-state index contributed by atoms with van der Waals surface area (Å²) in [5.74, 6) is -0.0278. The average Bonchev–Trinajstić information content (AvgIpc) is 2.44. The summed E-state index contributed by atoms with van der Waals surface area (Å²) in [6.45, 7) is 1.05. The number of hydrogen-bond acceptors (Lipinski definition) is 5. The van der Waals surface area contributed by atoms with Crippen LogP contribution in [0.15, 0.2) is 18.2 Å². The molecule has 23 heavy (non-hydrogen) atoms. The van der Waals surface area contributed by atoms with E-state index in [4.69, 9.17) is 16.3 Å². The lowest BCUT2D eigenvalue weighted by Crippen LogP contribution is -2.51. The Labute approximate surface area is 141 Å². The number of halogens is 1. The fourth-order valence-electron chi connectivity index (χ4n) is 2.19. The van der Waals surface area contributed by atoms with E-state index >= 15 is 0 Å². The van der Waals surface area contributed by atoms with Crippen LogP contribution in [0.4, 0.5) is 5.69 Å². The SMILES string of the molecule is CN(C)CCNC(=O)[C@H]1CN(S(C)(=O)=O)c2cc(Cl)ccc2O1. The Hall–Kier alpha value is -1.51. The van der Waals surface area contributed by atoms with Crippen LogP contribution in [0, 0.1) is 0 Å². The Balaban J connectivity index is 2.20. The Morgan fingerprint density at radius 1 is 1.48 bits per heavy atom. The van der Waals surface area contributed by atoms with Crippen LogP contribution in [-0.2, 0) is 14.8 Å². The van der Waals surface area contributed by atoms with Crippen LogP contribution in [0.1, 0.15) is 0 Å². The molecule has 1 atom stereocenters. The van der Waals surface area contributed by atoms with Crippen molar-refractivity contribution in [3.05, 3.63) is 23.2 Å². The molecular weight excluding hydrogens is 342 g/mol. The first-order valence-corrected chi connectivity index (χ1v) is 9.27. The van der Waals surface area contributed by atoms with Gasteiger partial charge in [0.25, 0.3) is 5.91 Å². The van der Waals surface area contributed by atoms with Gasteiger partial charge in [-0.3, -0.25) is 9.10 Å². The van der Waals surface area contributed by atoms with Crippen molar-refractivity contribution >= 4 is 33.2 Å². The number of ether oxygens (including phenoxy) is 1. The molecule has 1 heterocycles. The van der Waals surface area contributed by atoms with Crippen molar-refractivity contribution in [2.24, 2.45) is 0 Å². The number of amides is 1. The largest absolute Gasteiger partial charge is 0.476 e. The third kappa shape index (κ3) is 4.49. The number of nitrogens with one attached hydrogen (secondary N) is 1. The van der Waals surface area contributed by atoms with Crippen molar-refractivity contribution in [2.75, 3.05) is 44.3 Å². The highest BCUT2D eigenvalue weighted by Gasteiger charge is 2.35. The third-order valence-corrected chi connectivity index (χ3v) is 4.72. The van der Waals surface area contributed by atoms with Gasteiger partial charge in [-0.05, 0) is 32.3 Å². The van der Waals surface area contributed by atoms with Gasteiger partial charge >= 0.3 is 0 Å². The van der Waals surface area contributed by atoms with E-state index in [-0.39, 0.29) is 12.5 Å². The lowest BCUT2D eigenvalue weighted by atomic mass is 10.2. The monoisotopic (exact) mass is 361 g/mol. The Morgan fingerprint density at radius 2 is 2.17 bits per heavy atom. The van der Waals surface area contributed by atoms with E-state index in [2.05, 4.69) is 5.32 Å². The van der Waals surface area contributed by atoms with Gasteiger partial charge in [-0.25, -0.2) is 8.42 Å². The number of rotatable bonds is 5. The second-order valence-electron chi connectivity index (χ2n) is 5.61. The minimum atomic E-state index is -3.55. The van der Waals surface area contributed by atoms with Crippen molar-refractivity contribution in [3.8, 4) is 5.75 Å². The zero-order valence-corrected chi connectivity index (χ0v) is 14.8. The highest BCUT2D eigenvalue weighted by Crippen LogP contribution is 2.36. The highest BCUT2D eigenvalue weighted by molar-refractivity contribution is 7.92. The summed E-state index contributed by atoms with van der Waals surface area (Å²) in [6, 6.07) is 4.67. The van der Waals surface area contributed by atoms with Crippen LogP contribution in [0.25, 0.3) is 0 Å². The molecule has 1 amide bonds. The smallest absolute Gasteiger partial charge is 0.263 e. The average molecular weight is 362 g/mol. The standard InChI is InChI=1S/C14H20ClN3O4S/c1-17(2)7-6-16-14(19)13-9-18(23(3,20)21)11-8-10(15)4-5-12(11)22-13/h4-5,8,13H,6-7,9H2,1-3H3,(H,16,19)/t13-/m1/s1. The fourth-order valence-corrected chi connectivity index (χ4v) is 3.26. The molecule has 0 aliphatic carbocycles. The minimum Gasteiger partial charge on any atom is -0.476 e. The Morgan fingerprint density at radius 3 is 2.78 bits per heavy atom. The second kappa shape index (κ2) is 6.94. The predicted molar refractivity (Wildman–Crippen MR) is 89.6 cm³/mol. The van der Waals surface area contributed by atoms with E-state index in [1.54, 1.807) is 12.1 Å². The van der Waals surface area contributed by atoms with Gasteiger partial charge in [0.1, 0.15) is 5.75 Å². The number of likely N-dealkylation sites (N-methyl/N-ethyl adjacent to an activating group) is 1. The summed E-state index contributed by atoms with van der Waals surface area (Å²) < 4.78 is 30.8. The minimum absolute atomic E-state index is 0.0834. The molecule has 0 unspecified atom stereocenters. The molecule has 1 aromatic carbocycles. The first-order chi connectivity index (χ1) is 10.7. The number of fused-ring (bicyclic) bond motifs is 1. The van der Waals surface area contributed by atoms with Crippen molar-refractivity contribution in [3.63, 3.8) is 0 Å². The van der Waals surface area contributed by atoms with E-state index in [0.29, 0.717) is 29.5 Å². The van der Waals surface area contributed by atoms with Gasteiger partial charge in [0.15, 0.2) is 6.10 Å². The summed E-state index contributed by atoms with van der Waals surface area (Å²) in [7, 11) is 0.245. The molecule has 0 fully saturated rings. The summed E-state index contributed by atoms with van der Waals surface area (Å²) >= 11 is 5.93. The topological polar surface area (TPSA) is 79.0 Å². The quantitative estimate of drug-likeness (QED) is 0.828. The molecular formula is C14H20ClN3O4S. The number of carbonyl (C=O) groups is 1. The molecule has 7 nitrogen and oxygen atoms in total. The van der Waals surface area contributed by atoms with E-state index in [0.717, 1.165) is 10.6 Å². The molecule has 0 saturated carbocycles. The molecule has 128 valence electrons. The number of benzene rings is 1. The van der Waals surface area contributed by atoms with Crippen LogP contribution < -0.4 is 14.4 Å². The zero-order chi connectivity index (χ0) is 17.2. The summed E-state index contributed by atoms with van der Waals surface area (Å²) in [6.07, 6.45) is 0.185. The molecule has 0 bridgehead atoms. The van der Waals surface area contributed by atoms with E-state index in [9.17, 15) is 13.2 Å². The second-order valence-corrected chi connectivity index (χ2v) is 7.95. The maximum atomic E-state index is 12.2. The van der Waals surface area contributed by atoms with E-state index in [1.807, 2.05) is 19.0 Å². The first-order valence-electron chi connectivity index (χ1n) is 7.05. The van der Waals surface area contributed by atoms with Gasteiger partial charge < -0.3 is 15.0 Å². The maximum absolute atomic E-state index is 12.2. The zero-order valence-electron chi connectivity index (χ0n) is 13.2. The third-order valence-electron chi connectivity index (χ3n) is 3.34. The maximum Gasteiger partial charge on any atom is 0.263 e. The normalized spacial score (nSPS) is 17.6. The molecule has 1 N–H and O–H groups in total. The number of carbonyl (C=O) groups excluding carboxylic acids is 1. The molecule has 0 aromatic heterocycles. The van der Waals surface area contributed by atoms with Crippen LogP contribution in [0.5, 0.6) is 5.75 Å². The lowest BCUT2D eigenvalue weighted by Gasteiger charge is -2.34. The molecule has 2 rings (SSSR count). The molecule has 0 spiro atoms. The summed E-state index contributed by atoms with van der Waals surface area (Å²) in [5, 5.41) is 3.14. The molecule has 9 heteroatoms. The van der Waals surface area contributed by atoms with E-state index < -0.39 is 16.1 Å². The highest BCUT2D eigenvalue weighted by atomic mass is 35.5. The van der Waals surface area contributed by atoms with Crippen molar-refractivity contribution < 1.29 is 17.9 Å². The van der Waals surface area contributed by atoms with Gasteiger partial charge in [0.05, 0.1) is 18.5 Å².